The van der Waals surface area contributed by atoms with Crippen LogP contribution in [0.1, 0.15) is 33.1 Å². The van der Waals surface area contributed by atoms with E-state index in [1.165, 1.54) is 0 Å². The number of hydrogen-bond donors (Lipinski definition) is 2. The van der Waals surface area contributed by atoms with Gasteiger partial charge < -0.3 is 10.6 Å². The molecule has 0 bridgehead atoms. The average molecular weight is 344 g/mol. The van der Waals surface area contributed by atoms with Gasteiger partial charge in [0.05, 0.1) is 11.0 Å². The van der Waals surface area contributed by atoms with Gasteiger partial charge in [0.2, 0.25) is 5.91 Å². The van der Waals surface area contributed by atoms with Crippen molar-refractivity contribution < 1.29 is 4.79 Å². The molecule has 0 saturated carbocycles. The van der Waals surface area contributed by atoms with E-state index in [9.17, 15) is 9.59 Å². The highest BCUT2D eigenvalue weighted by atomic mass is 16.2. The van der Waals surface area contributed by atoms with Gasteiger partial charge in [-0.1, -0.05) is 26.0 Å². The molecule has 136 valence electrons. The maximum atomic E-state index is 12.7. The minimum atomic E-state index is -0.0221. The first kappa shape index (κ1) is 17.7. The van der Waals surface area contributed by atoms with Gasteiger partial charge >= 0.3 is 5.69 Å². The van der Waals surface area contributed by atoms with Crippen LogP contribution < -0.4 is 16.3 Å². The summed E-state index contributed by atoms with van der Waals surface area (Å²) in [4.78, 5) is 25.1. The number of carbonyl (C=O) groups is 1. The number of benzene rings is 1. The molecule has 1 amide bonds. The maximum absolute atomic E-state index is 12.7. The van der Waals surface area contributed by atoms with Gasteiger partial charge in [-0.25, -0.2) is 4.79 Å². The molecule has 2 unspecified atom stereocenters. The van der Waals surface area contributed by atoms with Crippen molar-refractivity contribution in [2.75, 3.05) is 13.1 Å². The van der Waals surface area contributed by atoms with E-state index in [4.69, 9.17) is 0 Å². The fraction of sp³-hybridized carbons (Fsp3) is 0.579. The van der Waals surface area contributed by atoms with Crippen LogP contribution in [0.5, 0.6) is 0 Å². The summed E-state index contributed by atoms with van der Waals surface area (Å²) in [5, 5.41) is 6.48. The summed E-state index contributed by atoms with van der Waals surface area (Å²) in [5.74, 6) is 0.463. The summed E-state index contributed by atoms with van der Waals surface area (Å²) in [5.41, 5.74) is 1.83. The molecule has 2 aromatic rings. The van der Waals surface area contributed by atoms with E-state index < -0.39 is 0 Å². The fourth-order valence-electron chi connectivity index (χ4n) is 3.65. The van der Waals surface area contributed by atoms with E-state index in [-0.39, 0.29) is 17.6 Å². The number of para-hydroxylation sites is 2. The Morgan fingerprint density at radius 3 is 2.56 bits per heavy atom. The number of carbonyl (C=O) groups excluding carboxylic acids is 1. The van der Waals surface area contributed by atoms with Gasteiger partial charge in [-0.3, -0.25) is 13.9 Å². The Kier molecular flexibility index (Phi) is 5.58. The Hall–Kier alpha value is -2.08. The number of aryl methyl sites for hydroxylation is 2. The number of aromatic nitrogens is 2. The van der Waals surface area contributed by atoms with Crippen molar-refractivity contribution in [1.29, 1.82) is 0 Å². The molecule has 6 heteroatoms. The predicted molar refractivity (Wildman–Crippen MR) is 99.7 cm³/mol. The molecule has 0 aliphatic carbocycles. The van der Waals surface area contributed by atoms with E-state index in [1.807, 2.05) is 28.8 Å². The summed E-state index contributed by atoms with van der Waals surface area (Å²) in [7, 11) is 0. The summed E-state index contributed by atoms with van der Waals surface area (Å²) in [6.45, 7) is 7.21. The third-order valence-corrected chi connectivity index (χ3v) is 5.07. The third kappa shape index (κ3) is 3.79. The van der Waals surface area contributed by atoms with Crippen LogP contribution in [-0.4, -0.2) is 34.2 Å². The Morgan fingerprint density at radius 2 is 1.92 bits per heavy atom. The lowest BCUT2D eigenvalue weighted by atomic mass is 9.95. The van der Waals surface area contributed by atoms with E-state index in [0.29, 0.717) is 25.4 Å². The molecule has 2 atom stereocenters. The van der Waals surface area contributed by atoms with Crippen LogP contribution in [0.3, 0.4) is 0 Å². The highest BCUT2D eigenvalue weighted by Crippen LogP contribution is 2.14. The van der Waals surface area contributed by atoms with Crippen molar-refractivity contribution in [3.8, 4) is 0 Å². The van der Waals surface area contributed by atoms with Gasteiger partial charge in [0.15, 0.2) is 0 Å². The highest BCUT2D eigenvalue weighted by molar-refractivity contribution is 5.78. The van der Waals surface area contributed by atoms with E-state index in [1.54, 1.807) is 4.57 Å². The number of nitrogens with one attached hydrogen (secondary N) is 2. The first-order valence-electron chi connectivity index (χ1n) is 9.30. The Labute approximate surface area is 148 Å². The Morgan fingerprint density at radius 1 is 1.24 bits per heavy atom. The van der Waals surface area contributed by atoms with Gasteiger partial charge in [-0.05, 0) is 44.0 Å². The first-order valence-corrected chi connectivity index (χ1v) is 9.30. The quantitative estimate of drug-likeness (QED) is 0.838. The highest BCUT2D eigenvalue weighted by Gasteiger charge is 2.22. The van der Waals surface area contributed by atoms with E-state index in [0.717, 1.165) is 37.0 Å². The number of hydrogen-bond acceptors (Lipinski definition) is 3. The van der Waals surface area contributed by atoms with Crippen LogP contribution >= 0.6 is 0 Å². The van der Waals surface area contributed by atoms with Gasteiger partial charge in [-0.2, -0.15) is 0 Å². The molecule has 1 fully saturated rings. The van der Waals surface area contributed by atoms with Crippen LogP contribution in [0.4, 0.5) is 0 Å². The smallest absolute Gasteiger partial charge is 0.329 e. The minimum absolute atomic E-state index is 0.0221. The van der Waals surface area contributed by atoms with Crippen molar-refractivity contribution in [3.05, 3.63) is 34.7 Å². The molecule has 0 spiro atoms. The summed E-state index contributed by atoms with van der Waals surface area (Å²) in [6, 6.07) is 8.04. The maximum Gasteiger partial charge on any atom is 0.329 e. The molecule has 1 aliphatic rings. The van der Waals surface area contributed by atoms with Crippen molar-refractivity contribution in [2.24, 2.45) is 5.92 Å². The van der Waals surface area contributed by atoms with E-state index in [2.05, 4.69) is 24.5 Å². The van der Waals surface area contributed by atoms with Gasteiger partial charge in [-0.15, -0.1) is 0 Å². The normalized spacial score (nSPS) is 20.7. The molecule has 1 aromatic heterocycles. The lowest BCUT2D eigenvalue weighted by Crippen LogP contribution is -2.48. The molecule has 6 nitrogen and oxygen atoms in total. The number of piperidine rings is 1. The molecule has 1 aliphatic heterocycles. The average Bonchev–Trinajstić information content (AvgIpc) is 2.88. The Bertz CT molecular complexity index is 792. The lowest BCUT2D eigenvalue weighted by Gasteiger charge is -2.30. The van der Waals surface area contributed by atoms with Crippen molar-refractivity contribution in [1.82, 2.24) is 19.8 Å². The second-order valence-electron chi connectivity index (χ2n) is 6.97. The van der Waals surface area contributed by atoms with Crippen LogP contribution in [0.15, 0.2) is 29.1 Å². The summed E-state index contributed by atoms with van der Waals surface area (Å²) >= 11 is 0. The monoisotopic (exact) mass is 344 g/mol. The van der Waals surface area contributed by atoms with Crippen LogP contribution in [0.25, 0.3) is 11.0 Å². The zero-order valence-electron chi connectivity index (χ0n) is 15.1. The van der Waals surface area contributed by atoms with Crippen molar-refractivity contribution in [3.63, 3.8) is 0 Å². The van der Waals surface area contributed by atoms with Crippen molar-refractivity contribution in [2.45, 2.75) is 52.2 Å². The number of fused-ring (bicyclic) bond motifs is 1. The zero-order valence-corrected chi connectivity index (χ0v) is 15.1. The summed E-state index contributed by atoms with van der Waals surface area (Å²) in [6.07, 6.45) is 2.20. The molecule has 25 heavy (non-hydrogen) atoms. The number of amides is 1. The second-order valence-corrected chi connectivity index (χ2v) is 6.97. The standard InChI is InChI=1S/C19H28N4O2/c1-3-11-22-16-6-4-5-7-17(16)23(19(22)25)12-9-18(24)21-15-8-10-20-13-14(15)2/h4-7,14-15,20H,3,8-13H2,1-2H3,(H,21,24). The SMILES string of the molecule is CCCn1c(=O)n(CCC(=O)NC2CCNCC2C)c2ccccc21. The number of imidazole rings is 1. The topological polar surface area (TPSA) is 68.1 Å². The number of nitrogens with zero attached hydrogens (tertiary/aromatic N) is 2. The summed E-state index contributed by atoms with van der Waals surface area (Å²) < 4.78 is 3.54. The van der Waals surface area contributed by atoms with Crippen LogP contribution in [0.2, 0.25) is 0 Å². The largest absolute Gasteiger partial charge is 0.353 e. The molecule has 1 saturated heterocycles. The Balaban J connectivity index is 1.71. The molecular weight excluding hydrogens is 316 g/mol. The molecule has 2 N–H and O–H groups in total. The molecule has 0 radical (unpaired) electrons. The molecule has 1 aromatic carbocycles. The molecule has 2 heterocycles. The third-order valence-electron chi connectivity index (χ3n) is 5.07. The van der Waals surface area contributed by atoms with Crippen LogP contribution in [-0.2, 0) is 17.9 Å². The first-order chi connectivity index (χ1) is 12.1. The van der Waals surface area contributed by atoms with Gasteiger partial charge in [0.1, 0.15) is 0 Å². The van der Waals surface area contributed by atoms with Gasteiger partial charge in [0.25, 0.3) is 0 Å². The lowest BCUT2D eigenvalue weighted by molar-refractivity contribution is -0.122. The predicted octanol–water partition coefficient (Wildman–Crippen LogP) is 1.72. The van der Waals surface area contributed by atoms with E-state index >= 15 is 0 Å². The zero-order chi connectivity index (χ0) is 17.8. The number of rotatable bonds is 6. The second kappa shape index (κ2) is 7.87. The van der Waals surface area contributed by atoms with Crippen molar-refractivity contribution >= 4 is 16.9 Å². The van der Waals surface area contributed by atoms with Gasteiger partial charge in [0, 0.05) is 25.6 Å². The molecular formula is C19H28N4O2. The minimum Gasteiger partial charge on any atom is -0.353 e. The molecule has 3 rings (SSSR count). The van der Waals surface area contributed by atoms with Crippen LogP contribution in [0, 0.1) is 5.92 Å². The fourth-order valence-corrected chi connectivity index (χ4v) is 3.65.